The first-order valence-corrected chi connectivity index (χ1v) is 6.28. The van der Waals surface area contributed by atoms with Crippen LogP contribution in [0.15, 0.2) is 36.4 Å². The van der Waals surface area contributed by atoms with Crippen LogP contribution in [-0.4, -0.2) is 6.18 Å². The van der Waals surface area contributed by atoms with Crippen LogP contribution in [0, 0.1) is 0 Å². The monoisotopic (exact) mass is 267 g/mol. The molecule has 4 heteroatoms. The molecule has 102 valence electrons. The normalized spacial score (nSPS) is 13.7. The van der Waals surface area contributed by atoms with Crippen molar-refractivity contribution in [2.75, 3.05) is 0 Å². The summed E-state index contributed by atoms with van der Waals surface area (Å²) in [6.45, 7) is 1.94. The zero-order valence-electron chi connectivity index (χ0n) is 10.7. The van der Waals surface area contributed by atoms with E-state index in [-0.39, 0.29) is 5.56 Å². The summed E-state index contributed by atoms with van der Waals surface area (Å²) in [5.41, 5.74) is 6.35. The van der Waals surface area contributed by atoms with Crippen molar-refractivity contribution in [3.63, 3.8) is 0 Å². The first kappa shape index (κ1) is 13.9. The highest BCUT2D eigenvalue weighted by molar-refractivity contribution is 5.87. The van der Waals surface area contributed by atoms with Crippen LogP contribution in [0.2, 0.25) is 0 Å². The molecule has 0 bridgehead atoms. The van der Waals surface area contributed by atoms with E-state index in [0.717, 1.165) is 11.8 Å². The van der Waals surface area contributed by atoms with Crippen LogP contribution in [0.3, 0.4) is 0 Å². The lowest BCUT2D eigenvalue weighted by Gasteiger charge is -2.21. The van der Waals surface area contributed by atoms with E-state index in [1.54, 1.807) is 24.3 Å². The van der Waals surface area contributed by atoms with Crippen molar-refractivity contribution >= 4 is 10.8 Å². The molecule has 0 fully saturated rings. The molecule has 0 saturated carbocycles. The van der Waals surface area contributed by atoms with Crippen LogP contribution in [0.4, 0.5) is 13.2 Å². The summed E-state index contributed by atoms with van der Waals surface area (Å²) in [5, 5.41) is 1.38. The van der Waals surface area contributed by atoms with Gasteiger partial charge in [-0.3, -0.25) is 0 Å². The van der Waals surface area contributed by atoms with Gasteiger partial charge in [-0.05, 0) is 28.3 Å². The molecule has 2 aromatic rings. The maximum absolute atomic E-state index is 13.0. The molecule has 1 nitrogen and oxygen atoms in total. The Bertz CT molecular complexity index is 575. The van der Waals surface area contributed by atoms with Crippen molar-refractivity contribution in [1.82, 2.24) is 0 Å². The summed E-state index contributed by atoms with van der Waals surface area (Å²) in [7, 11) is 0. The van der Waals surface area contributed by atoms with Gasteiger partial charge in [0, 0.05) is 0 Å². The molecule has 1 atom stereocenters. The van der Waals surface area contributed by atoms with Crippen molar-refractivity contribution in [3.05, 3.63) is 47.5 Å². The maximum Gasteiger partial charge on any atom is 0.407 e. The molecular formula is C15H16F3N. The van der Waals surface area contributed by atoms with Gasteiger partial charge in [-0.1, -0.05) is 49.7 Å². The zero-order chi connectivity index (χ0) is 14.0. The van der Waals surface area contributed by atoms with Gasteiger partial charge in [-0.15, -0.1) is 0 Å². The van der Waals surface area contributed by atoms with Crippen molar-refractivity contribution in [2.45, 2.75) is 32.0 Å². The predicted molar refractivity (Wildman–Crippen MR) is 70.9 cm³/mol. The molecule has 0 unspecified atom stereocenters. The molecule has 19 heavy (non-hydrogen) atoms. The van der Waals surface area contributed by atoms with Crippen LogP contribution in [0.25, 0.3) is 10.8 Å². The molecule has 0 spiro atoms. The third-order valence-corrected chi connectivity index (χ3v) is 3.24. The molecule has 0 aliphatic rings. The fraction of sp³-hybridized carbons (Fsp3) is 0.333. The van der Waals surface area contributed by atoms with Gasteiger partial charge in [-0.2, -0.15) is 13.2 Å². The fourth-order valence-electron chi connectivity index (χ4n) is 2.36. The second-order valence-corrected chi connectivity index (χ2v) is 4.63. The molecule has 0 aromatic heterocycles. The lowest BCUT2D eigenvalue weighted by Crippen LogP contribution is -2.29. The van der Waals surface area contributed by atoms with Crippen molar-refractivity contribution in [2.24, 2.45) is 5.73 Å². The largest absolute Gasteiger partial charge is 0.407 e. The summed E-state index contributed by atoms with van der Waals surface area (Å²) in [6.07, 6.45) is -3.04. The molecule has 0 aliphatic heterocycles. The summed E-state index contributed by atoms with van der Waals surface area (Å²) in [4.78, 5) is 0. The van der Waals surface area contributed by atoms with Gasteiger partial charge < -0.3 is 5.73 Å². The molecule has 0 heterocycles. The van der Waals surface area contributed by atoms with E-state index in [0.29, 0.717) is 17.4 Å². The minimum atomic E-state index is -4.42. The summed E-state index contributed by atoms with van der Waals surface area (Å²) in [6, 6.07) is 8.74. The Balaban J connectivity index is 2.68. The Morgan fingerprint density at radius 1 is 1.11 bits per heavy atom. The van der Waals surface area contributed by atoms with Gasteiger partial charge in [0.05, 0.1) is 0 Å². The summed E-state index contributed by atoms with van der Waals surface area (Å²) in [5.74, 6) is 0. The first-order valence-electron chi connectivity index (χ1n) is 6.28. The van der Waals surface area contributed by atoms with Gasteiger partial charge in [0.15, 0.2) is 0 Å². The van der Waals surface area contributed by atoms with Crippen LogP contribution in [-0.2, 0) is 6.42 Å². The average Bonchev–Trinajstić information content (AvgIpc) is 2.37. The quantitative estimate of drug-likeness (QED) is 0.878. The van der Waals surface area contributed by atoms with Gasteiger partial charge >= 0.3 is 6.18 Å². The SMILES string of the molecule is CCCc1ccc2ccccc2c1[C@H](N)C(F)(F)F. The van der Waals surface area contributed by atoms with E-state index in [1.807, 2.05) is 19.1 Å². The number of nitrogens with two attached hydrogens (primary N) is 1. The summed E-state index contributed by atoms with van der Waals surface area (Å²) < 4.78 is 38.9. The van der Waals surface area contributed by atoms with E-state index >= 15 is 0 Å². The number of benzene rings is 2. The topological polar surface area (TPSA) is 26.0 Å². The van der Waals surface area contributed by atoms with Crippen LogP contribution < -0.4 is 5.73 Å². The minimum absolute atomic E-state index is 0.215. The Hall–Kier alpha value is -1.55. The molecule has 0 aliphatic carbocycles. The predicted octanol–water partition coefficient (Wildman–Crippen LogP) is 4.35. The standard InChI is InChI=1S/C15H16F3N/c1-2-5-11-9-8-10-6-3-4-7-12(10)13(11)14(19)15(16,17)18/h3-4,6-9,14H,2,5,19H2,1H3/t14-/m0/s1. The molecule has 0 saturated heterocycles. The third-order valence-electron chi connectivity index (χ3n) is 3.24. The highest BCUT2D eigenvalue weighted by Gasteiger charge is 2.39. The van der Waals surface area contributed by atoms with Gasteiger partial charge in [0.25, 0.3) is 0 Å². The van der Waals surface area contributed by atoms with Crippen molar-refractivity contribution in [1.29, 1.82) is 0 Å². The Morgan fingerprint density at radius 2 is 1.79 bits per heavy atom. The molecule has 0 amide bonds. The van der Waals surface area contributed by atoms with Crippen molar-refractivity contribution in [3.8, 4) is 0 Å². The highest BCUT2D eigenvalue weighted by Crippen LogP contribution is 2.36. The summed E-state index contributed by atoms with van der Waals surface area (Å²) >= 11 is 0. The van der Waals surface area contributed by atoms with Crippen molar-refractivity contribution < 1.29 is 13.2 Å². The van der Waals surface area contributed by atoms with Crippen LogP contribution in [0.5, 0.6) is 0 Å². The van der Waals surface area contributed by atoms with E-state index in [1.165, 1.54) is 0 Å². The van der Waals surface area contributed by atoms with Gasteiger partial charge in [0.1, 0.15) is 6.04 Å². The Morgan fingerprint density at radius 3 is 2.42 bits per heavy atom. The average molecular weight is 267 g/mol. The van der Waals surface area contributed by atoms with E-state index in [4.69, 9.17) is 5.73 Å². The van der Waals surface area contributed by atoms with Gasteiger partial charge in [-0.25, -0.2) is 0 Å². The smallest absolute Gasteiger partial charge is 0.316 e. The second kappa shape index (κ2) is 5.21. The first-order chi connectivity index (χ1) is 8.95. The van der Waals surface area contributed by atoms with Crippen LogP contribution >= 0.6 is 0 Å². The van der Waals surface area contributed by atoms with E-state index in [2.05, 4.69) is 0 Å². The number of hydrogen-bond donors (Lipinski definition) is 1. The lowest BCUT2D eigenvalue weighted by molar-refractivity contribution is -0.149. The maximum atomic E-state index is 13.0. The number of hydrogen-bond acceptors (Lipinski definition) is 1. The molecule has 0 radical (unpaired) electrons. The minimum Gasteiger partial charge on any atom is -0.316 e. The molecule has 2 N–H and O–H groups in total. The Kier molecular flexibility index (Phi) is 3.80. The number of halogens is 3. The zero-order valence-corrected chi connectivity index (χ0v) is 10.7. The van der Waals surface area contributed by atoms with E-state index in [9.17, 15) is 13.2 Å². The van der Waals surface area contributed by atoms with E-state index < -0.39 is 12.2 Å². The number of rotatable bonds is 3. The van der Waals surface area contributed by atoms with Gasteiger partial charge in [0.2, 0.25) is 0 Å². The highest BCUT2D eigenvalue weighted by atomic mass is 19.4. The Labute approximate surface area is 110 Å². The second-order valence-electron chi connectivity index (χ2n) is 4.63. The fourth-order valence-corrected chi connectivity index (χ4v) is 2.36. The lowest BCUT2D eigenvalue weighted by atomic mass is 9.91. The number of fused-ring (bicyclic) bond motifs is 1. The molecule has 2 rings (SSSR count). The number of aryl methyl sites for hydroxylation is 1. The molecule has 2 aromatic carbocycles. The third kappa shape index (κ3) is 2.73. The molecular weight excluding hydrogens is 251 g/mol. The number of alkyl halides is 3. The van der Waals surface area contributed by atoms with Crippen LogP contribution in [0.1, 0.15) is 30.5 Å².